The van der Waals surface area contributed by atoms with E-state index in [-0.39, 0.29) is 25.9 Å². The number of allylic oxidation sites excluding steroid dienone is 10. The number of hydrogen-bond acceptors (Lipinski definition) is 10. The predicted molar refractivity (Wildman–Crippen MR) is 316 cm³/mol. The normalized spacial score (nSPS) is 13.7. The summed E-state index contributed by atoms with van der Waals surface area (Å²) in [5.41, 5.74) is 0. The Hall–Kier alpha value is -2.82. The van der Waals surface area contributed by atoms with Gasteiger partial charge in [-0.1, -0.05) is 248 Å². The molecular weight excluding hydrogens is 976 g/mol. The lowest BCUT2D eigenvalue weighted by molar-refractivity contribution is -0.161. The summed E-state index contributed by atoms with van der Waals surface area (Å²) in [5.74, 6) is -1.48. The van der Waals surface area contributed by atoms with Gasteiger partial charge in [-0.05, 0) is 83.5 Å². The Morgan fingerprint density at radius 1 is 0.382 bits per heavy atom. The molecule has 0 spiro atoms. The van der Waals surface area contributed by atoms with Crippen molar-refractivity contribution in [1.29, 1.82) is 0 Å². The Morgan fingerprint density at radius 3 is 1.08 bits per heavy atom. The van der Waals surface area contributed by atoms with E-state index in [1.807, 2.05) is 0 Å². The standard InChI is InChI=1S/C64H115O11P/c1-4-7-10-13-16-19-22-25-28-30-33-36-39-42-45-48-51-54-63(67)74-60(56-65)58-72-76(69,70)73-59-61(57-71-62(66)53-50-47-44-41-38-35-32-27-24-21-18-15-12-9-6-3)75-64(68)55-52-49-46-43-40-37-34-31-29-26-23-20-17-14-11-8-5-2/h9,12,17-18,20-21,26-27,29,32,60-61,65H,4-8,10-11,13-16,19,22-25,28,30-31,33-59H2,1-3H3,(H,69,70)/b12-9-,20-17-,21-18-,29-26-,32-27-. The lowest BCUT2D eigenvalue weighted by Crippen LogP contribution is -2.30. The molecule has 0 aromatic carbocycles. The van der Waals surface area contributed by atoms with E-state index in [9.17, 15) is 28.9 Å². The van der Waals surface area contributed by atoms with Crippen LogP contribution in [0.5, 0.6) is 0 Å². The average molecular weight is 1090 g/mol. The zero-order valence-electron chi connectivity index (χ0n) is 49.0. The van der Waals surface area contributed by atoms with Crippen LogP contribution in [0.25, 0.3) is 0 Å². The van der Waals surface area contributed by atoms with Crippen molar-refractivity contribution in [3.8, 4) is 0 Å². The summed E-state index contributed by atoms with van der Waals surface area (Å²) in [7, 11) is -4.76. The maximum atomic E-state index is 12.9. The number of aliphatic hydroxyl groups is 1. The van der Waals surface area contributed by atoms with Gasteiger partial charge in [0.25, 0.3) is 0 Å². The van der Waals surface area contributed by atoms with Crippen molar-refractivity contribution >= 4 is 25.7 Å². The van der Waals surface area contributed by atoms with Gasteiger partial charge >= 0.3 is 25.7 Å². The van der Waals surface area contributed by atoms with Crippen LogP contribution in [-0.4, -0.2) is 66.5 Å². The SMILES string of the molecule is CC/C=C\C/C=C\C/C=C\CCCCCCCC(=O)OCC(COP(=O)(O)OCC(CO)OC(=O)CCCCCCCCCCCCCCCCCCC)OC(=O)CCCCCCCCC/C=C\C/C=C\CCCCC. The first-order chi connectivity index (χ1) is 37.2. The Balaban J connectivity index is 4.69. The number of phosphoric ester groups is 1. The van der Waals surface area contributed by atoms with Gasteiger partial charge in [-0.3, -0.25) is 23.4 Å². The highest BCUT2D eigenvalue weighted by atomic mass is 31.2. The average Bonchev–Trinajstić information content (AvgIpc) is 3.41. The number of carbonyl (C=O) groups excluding carboxylic acids is 3. The van der Waals surface area contributed by atoms with Crippen LogP contribution in [0.4, 0.5) is 0 Å². The minimum absolute atomic E-state index is 0.155. The molecule has 0 aromatic rings. The van der Waals surface area contributed by atoms with Crippen molar-refractivity contribution in [2.45, 2.75) is 303 Å². The molecular formula is C64H115O11P. The molecule has 0 bridgehead atoms. The second-order valence-electron chi connectivity index (χ2n) is 20.8. The lowest BCUT2D eigenvalue weighted by atomic mass is 10.0. The van der Waals surface area contributed by atoms with Crippen LogP contribution in [0.2, 0.25) is 0 Å². The zero-order chi connectivity index (χ0) is 55.5. The van der Waals surface area contributed by atoms with Crippen molar-refractivity contribution in [3.63, 3.8) is 0 Å². The highest BCUT2D eigenvalue weighted by Gasteiger charge is 2.28. The van der Waals surface area contributed by atoms with Crippen LogP contribution in [0.1, 0.15) is 290 Å². The number of carbonyl (C=O) groups is 3. The van der Waals surface area contributed by atoms with Crippen LogP contribution < -0.4 is 0 Å². The van der Waals surface area contributed by atoms with E-state index in [2.05, 4.69) is 81.5 Å². The van der Waals surface area contributed by atoms with Crippen molar-refractivity contribution in [1.82, 2.24) is 0 Å². The third-order valence-corrected chi connectivity index (χ3v) is 14.4. The first kappa shape index (κ1) is 73.2. The molecule has 0 fully saturated rings. The van der Waals surface area contributed by atoms with Gasteiger partial charge in [0.1, 0.15) is 12.7 Å². The van der Waals surface area contributed by atoms with Gasteiger partial charge in [0, 0.05) is 19.3 Å². The van der Waals surface area contributed by atoms with Gasteiger partial charge in [-0.15, -0.1) is 0 Å². The number of aliphatic hydroxyl groups excluding tert-OH is 1. The van der Waals surface area contributed by atoms with Crippen molar-refractivity contribution in [3.05, 3.63) is 60.8 Å². The van der Waals surface area contributed by atoms with Gasteiger partial charge < -0.3 is 24.2 Å². The van der Waals surface area contributed by atoms with E-state index in [0.717, 1.165) is 109 Å². The van der Waals surface area contributed by atoms with E-state index in [1.165, 1.54) is 122 Å². The van der Waals surface area contributed by atoms with Gasteiger partial charge in [0.2, 0.25) is 0 Å². The van der Waals surface area contributed by atoms with Crippen LogP contribution in [0.3, 0.4) is 0 Å². The Kier molecular flexibility index (Phi) is 56.2. The van der Waals surface area contributed by atoms with Crippen LogP contribution in [-0.2, 0) is 42.2 Å². The van der Waals surface area contributed by atoms with E-state index in [1.54, 1.807) is 0 Å². The smallest absolute Gasteiger partial charge is 0.462 e. The van der Waals surface area contributed by atoms with E-state index >= 15 is 0 Å². The van der Waals surface area contributed by atoms with E-state index in [0.29, 0.717) is 19.3 Å². The van der Waals surface area contributed by atoms with Gasteiger partial charge in [0.05, 0.1) is 19.8 Å². The molecule has 2 N–H and O–H groups in total. The van der Waals surface area contributed by atoms with Crippen LogP contribution in [0.15, 0.2) is 60.8 Å². The van der Waals surface area contributed by atoms with E-state index < -0.39 is 57.8 Å². The second-order valence-corrected chi connectivity index (χ2v) is 22.3. The first-order valence-corrected chi connectivity index (χ1v) is 32.7. The molecule has 0 aromatic heterocycles. The summed E-state index contributed by atoms with van der Waals surface area (Å²) in [5, 5.41) is 9.84. The predicted octanol–water partition coefficient (Wildman–Crippen LogP) is 18.7. The number of esters is 3. The molecule has 0 aliphatic carbocycles. The fourth-order valence-corrected chi connectivity index (χ4v) is 9.48. The summed E-state index contributed by atoms with van der Waals surface area (Å²) in [4.78, 5) is 48.7. The number of ether oxygens (including phenoxy) is 3. The molecule has 0 amide bonds. The molecule has 12 heteroatoms. The fraction of sp³-hybridized carbons (Fsp3) is 0.797. The highest BCUT2D eigenvalue weighted by Crippen LogP contribution is 2.43. The molecule has 0 saturated heterocycles. The summed E-state index contributed by atoms with van der Waals surface area (Å²) in [6, 6.07) is 0. The summed E-state index contributed by atoms with van der Waals surface area (Å²) >= 11 is 0. The maximum Gasteiger partial charge on any atom is 0.472 e. The third kappa shape index (κ3) is 55.9. The summed E-state index contributed by atoms with van der Waals surface area (Å²) < 4.78 is 39.6. The molecule has 442 valence electrons. The minimum Gasteiger partial charge on any atom is -0.462 e. The topological polar surface area (TPSA) is 155 Å². The lowest BCUT2D eigenvalue weighted by Gasteiger charge is -2.21. The van der Waals surface area contributed by atoms with Gasteiger partial charge in [0.15, 0.2) is 6.10 Å². The van der Waals surface area contributed by atoms with E-state index in [4.69, 9.17) is 23.3 Å². The molecule has 0 aliphatic heterocycles. The fourth-order valence-electron chi connectivity index (χ4n) is 8.70. The second kappa shape index (κ2) is 58.3. The molecule has 0 rings (SSSR count). The highest BCUT2D eigenvalue weighted by molar-refractivity contribution is 7.47. The van der Waals surface area contributed by atoms with Crippen molar-refractivity contribution < 1.29 is 52.2 Å². The Morgan fingerprint density at radius 2 is 0.684 bits per heavy atom. The number of hydrogen-bond donors (Lipinski definition) is 2. The summed E-state index contributed by atoms with van der Waals surface area (Å²) in [6.07, 6.45) is 64.5. The molecule has 3 atom stereocenters. The van der Waals surface area contributed by atoms with Crippen molar-refractivity contribution in [2.75, 3.05) is 26.4 Å². The zero-order valence-corrected chi connectivity index (χ0v) is 49.9. The quantitative estimate of drug-likeness (QED) is 0.0197. The van der Waals surface area contributed by atoms with Gasteiger partial charge in [-0.2, -0.15) is 0 Å². The van der Waals surface area contributed by atoms with Crippen LogP contribution in [0, 0.1) is 0 Å². The Labute approximate surface area is 465 Å². The molecule has 76 heavy (non-hydrogen) atoms. The van der Waals surface area contributed by atoms with Gasteiger partial charge in [-0.25, -0.2) is 4.57 Å². The van der Waals surface area contributed by atoms with Crippen LogP contribution >= 0.6 is 7.82 Å². The molecule has 0 saturated carbocycles. The molecule has 3 unspecified atom stereocenters. The molecule has 0 aliphatic rings. The number of unbranched alkanes of at least 4 members (excludes halogenated alkanes) is 31. The largest absolute Gasteiger partial charge is 0.472 e. The molecule has 0 heterocycles. The monoisotopic (exact) mass is 1090 g/mol. The van der Waals surface area contributed by atoms with Crippen molar-refractivity contribution in [2.24, 2.45) is 0 Å². The summed E-state index contributed by atoms with van der Waals surface area (Å²) in [6.45, 7) is 4.53. The molecule has 11 nitrogen and oxygen atoms in total. The maximum absolute atomic E-state index is 12.9. The number of phosphoric acid groups is 1. The Bertz CT molecular complexity index is 1510. The third-order valence-electron chi connectivity index (χ3n) is 13.4. The molecule has 0 radical (unpaired) electrons. The minimum atomic E-state index is -4.76. The first-order valence-electron chi connectivity index (χ1n) is 31.2. The number of rotatable bonds is 58.